The second kappa shape index (κ2) is 23.4. The zero-order chi connectivity index (χ0) is 7.86. The molecule has 0 rings (SSSR count). The molecular formula is C4H13ClO4SSr2. The first-order valence-corrected chi connectivity index (χ1v) is 2.66. The van der Waals surface area contributed by atoms with Crippen molar-refractivity contribution >= 4 is 128 Å². The van der Waals surface area contributed by atoms with Crippen LogP contribution in [-0.4, -0.2) is 119 Å². The molecule has 0 saturated heterocycles. The monoisotopic (exact) mass is 368 g/mol. The van der Waals surface area contributed by atoms with Crippen LogP contribution in [0.2, 0.25) is 0 Å². The van der Waals surface area contributed by atoms with Gasteiger partial charge in [-0.05, 0) is 0 Å². The molecule has 0 fully saturated rings. The molecule has 0 aliphatic heterocycles. The fourth-order valence-electron chi connectivity index (χ4n) is 0. The number of halogens is 1. The summed E-state index contributed by atoms with van der Waals surface area (Å²) in [5.41, 5.74) is 0. The van der Waals surface area contributed by atoms with Gasteiger partial charge in [-0.25, -0.2) is 0 Å². The molecule has 0 aromatic rings. The Morgan fingerprint density at radius 2 is 1.33 bits per heavy atom. The number of hydrogen-bond acceptors (Lipinski definition) is 3. The molecule has 0 aliphatic rings. The van der Waals surface area contributed by atoms with Crippen LogP contribution in [-0.2, 0) is 9.59 Å². The quantitative estimate of drug-likeness (QED) is 0.397. The molecule has 4 nitrogen and oxygen atoms in total. The van der Waals surface area contributed by atoms with Gasteiger partial charge in [0.15, 0.2) is 0 Å². The van der Waals surface area contributed by atoms with Crippen LogP contribution in [0.15, 0.2) is 0 Å². The molecule has 0 aliphatic carbocycles. The third-order valence-corrected chi connectivity index (χ3v) is 0.406. The number of carboxylic acid groups (broad SMARTS) is 2. The number of rotatable bonds is 1. The maximum absolute atomic E-state index is 9.29. The number of aliphatic carboxylic acids is 2. The average Bonchev–Trinajstić information content (AvgIpc) is 1.65. The summed E-state index contributed by atoms with van der Waals surface area (Å²) >= 11 is 3.42. The van der Waals surface area contributed by atoms with Crippen LogP contribution >= 0.6 is 25.0 Å². The first kappa shape index (κ1) is 29.3. The van der Waals surface area contributed by atoms with Crippen molar-refractivity contribution in [1.29, 1.82) is 0 Å². The Morgan fingerprint density at radius 3 is 1.33 bits per heavy atom. The molecule has 0 heterocycles. The molecule has 0 spiro atoms. The van der Waals surface area contributed by atoms with E-state index in [9.17, 15) is 4.79 Å². The molecule has 0 amide bonds. The van der Waals surface area contributed by atoms with Gasteiger partial charge in [0, 0.05) is 6.92 Å². The van der Waals surface area contributed by atoms with Gasteiger partial charge in [-0.1, -0.05) is 0 Å². The topological polar surface area (TPSA) is 74.6 Å². The molecule has 12 heavy (non-hydrogen) atoms. The average molecular weight is 368 g/mol. The Hall–Kier alpha value is 2.54. The molecule has 70 valence electrons. The SMILES string of the molecule is CC(=O)O.Cl.O=C(O)CS.[SrH2].[SrH2]. The second-order valence-electron chi connectivity index (χ2n) is 1.07. The first-order chi connectivity index (χ1) is 4.00. The van der Waals surface area contributed by atoms with Gasteiger partial charge < -0.3 is 10.2 Å². The summed E-state index contributed by atoms with van der Waals surface area (Å²) in [4.78, 5) is 18.3. The molecule has 0 aromatic heterocycles. The summed E-state index contributed by atoms with van der Waals surface area (Å²) < 4.78 is 0. The second-order valence-corrected chi connectivity index (χ2v) is 1.39. The van der Waals surface area contributed by atoms with Crippen molar-refractivity contribution in [2.24, 2.45) is 0 Å². The summed E-state index contributed by atoms with van der Waals surface area (Å²) in [5, 5.41) is 15.1. The summed E-state index contributed by atoms with van der Waals surface area (Å²) in [6.07, 6.45) is 0. The number of thiol groups is 1. The minimum absolute atomic E-state index is 0. The summed E-state index contributed by atoms with van der Waals surface area (Å²) in [5.74, 6) is -1.80. The van der Waals surface area contributed by atoms with E-state index in [1.54, 1.807) is 0 Å². The molecule has 0 saturated carbocycles. The van der Waals surface area contributed by atoms with E-state index < -0.39 is 11.9 Å². The first-order valence-electron chi connectivity index (χ1n) is 2.03. The fraction of sp³-hybridized carbons (Fsp3) is 0.500. The molecule has 2 N–H and O–H groups in total. The number of hydrogen-bond donors (Lipinski definition) is 3. The summed E-state index contributed by atoms with van der Waals surface area (Å²) in [6, 6.07) is 0. The predicted molar refractivity (Wildman–Crippen MR) is 59.1 cm³/mol. The van der Waals surface area contributed by atoms with Gasteiger partial charge in [0.25, 0.3) is 5.97 Å². The van der Waals surface area contributed by atoms with E-state index in [0.717, 1.165) is 6.92 Å². The molecule has 8 heteroatoms. The van der Waals surface area contributed by atoms with E-state index in [1.807, 2.05) is 0 Å². The zero-order valence-corrected chi connectivity index (χ0v) is 6.98. The minimum atomic E-state index is -0.881. The van der Waals surface area contributed by atoms with Crippen LogP contribution < -0.4 is 0 Å². The van der Waals surface area contributed by atoms with Gasteiger partial charge in [-0.15, -0.1) is 12.4 Å². The third-order valence-electron chi connectivity index (χ3n) is 0.135. The Labute approximate surface area is 157 Å². The van der Waals surface area contributed by atoms with Crippen molar-refractivity contribution in [3.05, 3.63) is 0 Å². The Kier molecular flexibility index (Phi) is 57.1. The number of carboxylic acids is 2. The standard InChI is InChI=1S/C2H4O2S.C2H4O2.ClH.2Sr.4H/c3-2(4)1-5;1-2(3)4;;;;;;;/h5H,1H2,(H,3,4);1H3,(H,3,4);1H;;;;;;. The summed E-state index contributed by atoms with van der Waals surface area (Å²) in [6.45, 7) is 1.08. The molecule has 0 bridgehead atoms. The normalized spacial score (nSPS) is 5.17. The van der Waals surface area contributed by atoms with E-state index in [-0.39, 0.29) is 109 Å². The van der Waals surface area contributed by atoms with Crippen LogP contribution in [0.25, 0.3) is 0 Å². The van der Waals surface area contributed by atoms with Gasteiger partial charge in [0.1, 0.15) is 0 Å². The molecular weight excluding hydrogens is 355 g/mol. The van der Waals surface area contributed by atoms with Crippen molar-refractivity contribution < 1.29 is 19.8 Å². The van der Waals surface area contributed by atoms with Gasteiger partial charge in [0.2, 0.25) is 0 Å². The molecule has 0 unspecified atom stereocenters. The molecule has 0 aromatic carbocycles. The van der Waals surface area contributed by atoms with Crippen LogP contribution in [0, 0.1) is 0 Å². The van der Waals surface area contributed by atoms with Gasteiger partial charge >= 0.3 is 96.9 Å². The molecule has 0 radical (unpaired) electrons. The van der Waals surface area contributed by atoms with Crippen molar-refractivity contribution in [3.63, 3.8) is 0 Å². The van der Waals surface area contributed by atoms with E-state index in [1.165, 1.54) is 0 Å². The van der Waals surface area contributed by atoms with Crippen LogP contribution in [0.3, 0.4) is 0 Å². The van der Waals surface area contributed by atoms with Crippen LogP contribution in [0.5, 0.6) is 0 Å². The van der Waals surface area contributed by atoms with Gasteiger partial charge in [-0.2, -0.15) is 12.6 Å². The van der Waals surface area contributed by atoms with Crippen molar-refractivity contribution in [2.45, 2.75) is 6.92 Å². The van der Waals surface area contributed by atoms with Crippen LogP contribution in [0.4, 0.5) is 0 Å². The van der Waals surface area contributed by atoms with Crippen LogP contribution in [0.1, 0.15) is 6.92 Å². The van der Waals surface area contributed by atoms with Crippen molar-refractivity contribution in [1.82, 2.24) is 0 Å². The van der Waals surface area contributed by atoms with E-state index >= 15 is 0 Å². The Morgan fingerprint density at radius 1 is 1.25 bits per heavy atom. The third kappa shape index (κ3) is 81.0. The van der Waals surface area contributed by atoms with Crippen molar-refractivity contribution in [2.75, 3.05) is 5.75 Å². The van der Waals surface area contributed by atoms with Gasteiger partial charge in [0.05, 0.1) is 5.75 Å². The van der Waals surface area contributed by atoms with E-state index in [4.69, 9.17) is 15.0 Å². The van der Waals surface area contributed by atoms with E-state index in [2.05, 4.69) is 12.6 Å². The number of carbonyl (C=O) groups is 2. The fourth-order valence-corrected chi connectivity index (χ4v) is 0. The Bertz CT molecular complexity index is 109. The Balaban J connectivity index is -0.0000000221. The van der Waals surface area contributed by atoms with Gasteiger partial charge in [-0.3, -0.25) is 9.59 Å². The molecule has 0 atom stereocenters. The summed E-state index contributed by atoms with van der Waals surface area (Å²) in [7, 11) is 0. The zero-order valence-electron chi connectivity index (χ0n) is 5.27. The van der Waals surface area contributed by atoms with E-state index in [0.29, 0.717) is 0 Å². The predicted octanol–water partition coefficient (Wildman–Crippen LogP) is -1.32. The van der Waals surface area contributed by atoms with Crippen molar-refractivity contribution in [3.8, 4) is 0 Å². The maximum atomic E-state index is 9.29.